The van der Waals surface area contributed by atoms with E-state index in [1.54, 1.807) is 30.5 Å². The van der Waals surface area contributed by atoms with Crippen molar-refractivity contribution in [2.75, 3.05) is 31.1 Å². The van der Waals surface area contributed by atoms with Crippen LogP contribution in [0.25, 0.3) is 11.3 Å². The number of ether oxygens (including phenoxy) is 1. The van der Waals surface area contributed by atoms with Crippen LogP contribution >= 0.6 is 0 Å². The molecule has 2 unspecified atom stereocenters. The van der Waals surface area contributed by atoms with Gasteiger partial charge in [0.2, 0.25) is 5.88 Å². The van der Waals surface area contributed by atoms with Gasteiger partial charge in [0.15, 0.2) is 5.69 Å². The Bertz CT molecular complexity index is 1490. The number of benzene rings is 1. The van der Waals surface area contributed by atoms with Gasteiger partial charge >= 0.3 is 6.18 Å². The molecule has 0 bridgehead atoms. The molecule has 2 aromatic heterocycles. The number of pyridine rings is 2. The van der Waals surface area contributed by atoms with Crippen LogP contribution in [0.5, 0.6) is 5.88 Å². The van der Waals surface area contributed by atoms with Gasteiger partial charge in [-0.2, -0.15) is 13.2 Å². The number of nitrogens with zero attached hydrogens (tertiary/aromatic N) is 3. The van der Waals surface area contributed by atoms with Crippen molar-refractivity contribution in [3.05, 3.63) is 71.3 Å². The van der Waals surface area contributed by atoms with E-state index in [1.165, 1.54) is 0 Å². The van der Waals surface area contributed by atoms with Gasteiger partial charge in [0.1, 0.15) is 5.82 Å². The van der Waals surface area contributed by atoms with E-state index in [1.807, 2.05) is 18.7 Å². The number of hydrogen-bond acceptors (Lipinski definition) is 7. The Morgan fingerprint density at radius 2 is 1.93 bits per heavy atom. The van der Waals surface area contributed by atoms with E-state index in [0.29, 0.717) is 55.0 Å². The molecule has 0 saturated carbocycles. The Labute approximate surface area is 246 Å². The van der Waals surface area contributed by atoms with Crippen molar-refractivity contribution in [2.45, 2.75) is 51.0 Å². The maximum atomic E-state index is 13.6. The van der Waals surface area contributed by atoms with Crippen molar-refractivity contribution in [2.24, 2.45) is 0 Å². The molecule has 5 rings (SSSR count). The third-order valence-corrected chi connectivity index (χ3v) is 7.73. The first-order valence-electron chi connectivity index (χ1n) is 14.1. The van der Waals surface area contributed by atoms with E-state index in [0.717, 1.165) is 25.1 Å². The molecule has 3 N–H and O–H groups in total. The number of halogens is 4. The zero-order valence-electron chi connectivity index (χ0n) is 23.7. The molecule has 2 amide bonds. The number of rotatable bonds is 8. The predicted octanol–water partition coefficient (Wildman–Crippen LogP) is 4.19. The molecule has 3 atom stereocenters. The predicted molar refractivity (Wildman–Crippen MR) is 151 cm³/mol. The van der Waals surface area contributed by atoms with Crippen molar-refractivity contribution in [1.29, 1.82) is 0 Å². The number of amides is 2. The molecule has 9 nitrogen and oxygen atoms in total. The lowest BCUT2D eigenvalue weighted by molar-refractivity contribution is -0.138. The largest absolute Gasteiger partial charge is 0.477 e. The van der Waals surface area contributed by atoms with Crippen LogP contribution in [-0.4, -0.2) is 66.1 Å². The Kier molecular flexibility index (Phi) is 8.81. The van der Waals surface area contributed by atoms with E-state index in [2.05, 4.69) is 20.9 Å². The van der Waals surface area contributed by atoms with Crippen LogP contribution in [0.2, 0.25) is 0 Å². The van der Waals surface area contributed by atoms with E-state index in [9.17, 15) is 27.2 Å². The maximum absolute atomic E-state index is 13.6. The quantitative estimate of drug-likeness (QED) is 0.333. The van der Waals surface area contributed by atoms with Crippen LogP contribution in [-0.2, 0) is 6.18 Å². The van der Waals surface area contributed by atoms with Crippen molar-refractivity contribution in [3.8, 4) is 17.1 Å². The topological polar surface area (TPSA) is 108 Å². The van der Waals surface area contributed by atoms with Crippen LogP contribution in [0.3, 0.4) is 0 Å². The lowest BCUT2D eigenvalue weighted by Crippen LogP contribution is -2.44. The van der Waals surface area contributed by atoms with Gasteiger partial charge in [-0.25, -0.2) is 14.4 Å². The molecular formula is C30H32F4N6O3. The monoisotopic (exact) mass is 600 g/mol. The highest BCUT2D eigenvalue weighted by Gasteiger charge is 2.38. The summed E-state index contributed by atoms with van der Waals surface area (Å²) in [5.41, 5.74) is -0.190. The van der Waals surface area contributed by atoms with Gasteiger partial charge in [0.25, 0.3) is 11.8 Å². The number of anilines is 1. The number of hydrogen-bond donors (Lipinski definition) is 3. The summed E-state index contributed by atoms with van der Waals surface area (Å²) in [5, 5.41) is 8.94. The van der Waals surface area contributed by atoms with Crippen LogP contribution < -0.4 is 25.6 Å². The van der Waals surface area contributed by atoms with E-state index >= 15 is 0 Å². The van der Waals surface area contributed by atoms with E-state index < -0.39 is 41.1 Å². The molecule has 0 radical (unpaired) electrons. The Morgan fingerprint density at radius 1 is 1.12 bits per heavy atom. The minimum absolute atomic E-state index is 0.0650. The van der Waals surface area contributed by atoms with E-state index in [4.69, 9.17) is 9.72 Å². The molecule has 2 fully saturated rings. The minimum atomic E-state index is -4.90. The first-order chi connectivity index (χ1) is 20.6. The molecular weight excluding hydrogens is 568 g/mol. The minimum Gasteiger partial charge on any atom is -0.477 e. The number of nitrogens with one attached hydrogen (secondary N) is 3. The molecule has 3 aromatic rings. The summed E-state index contributed by atoms with van der Waals surface area (Å²) in [7, 11) is 0. The number of carbonyl (C=O) groups excluding carboxylic acids is 2. The third kappa shape index (κ3) is 6.56. The molecule has 4 heterocycles. The number of alkyl halides is 3. The fourth-order valence-electron chi connectivity index (χ4n) is 5.54. The van der Waals surface area contributed by atoms with Gasteiger partial charge in [-0.3, -0.25) is 9.59 Å². The smallest absolute Gasteiger partial charge is 0.417 e. The van der Waals surface area contributed by atoms with Crippen molar-refractivity contribution >= 4 is 17.5 Å². The zero-order chi connectivity index (χ0) is 30.7. The molecule has 0 aliphatic carbocycles. The highest BCUT2D eigenvalue weighted by molar-refractivity contribution is 5.99. The summed E-state index contributed by atoms with van der Waals surface area (Å²) in [5.74, 6) is -2.02. The molecule has 13 heteroatoms. The fraction of sp³-hybridized carbons (Fsp3) is 0.400. The van der Waals surface area contributed by atoms with E-state index in [-0.39, 0.29) is 17.6 Å². The molecule has 0 spiro atoms. The van der Waals surface area contributed by atoms with Gasteiger partial charge in [-0.15, -0.1) is 0 Å². The first kappa shape index (κ1) is 30.2. The number of aromatic nitrogens is 2. The Balaban J connectivity index is 1.43. The van der Waals surface area contributed by atoms with Crippen LogP contribution in [0.1, 0.15) is 53.1 Å². The van der Waals surface area contributed by atoms with Gasteiger partial charge in [0, 0.05) is 31.4 Å². The van der Waals surface area contributed by atoms with Crippen molar-refractivity contribution in [3.63, 3.8) is 0 Å². The van der Waals surface area contributed by atoms with Gasteiger partial charge < -0.3 is 25.6 Å². The summed E-state index contributed by atoms with van der Waals surface area (Å²) in [6.45, 7) is 5.88. The van der Waals surface area contributed by atoms with Crippen LogP contribution in [0.15, 0.2) is 48.7 Å². The van der Waals surface area contributed by atoms with Crippen molar-refractivity contribution < 1.29 is 31.9 Å². The summed E-state index contributed by atoms with van der Waals surface area (Å²) >= 11 is 0. The highest BCUT2D eigenvalue weighted by Crippen LogP contribution is 2.35. The fourth-order valence-corrected chi connectivity index (χ4v) is 5.54. The second-order valence-electron chi connectivity index (χ2n) is 10.5. The zero-order valence-corrected chi connectivity index (χ0v) is 23.7. The average molecular weight is 601 g/mol. The molecule has 2 aliphatic rings. The molecule has 43 heavy (non-hydrogen) atoms. The third-order valence-electron chi connectivity index (χ3n) is 7.73. The van der Waals surface area contributed by atoms with Gasteiger partial charge in [-0.05, 0) is 75.7 Å². The van der Waals surface area contributed by atoms with Crippen molar-refractivity contribution in [1.82, 2.24) is 25.9 Å². The Morgan fingerprint density at radius 3 is 2.65 bits per heavy atom. The summed E-state index contributed by atoms with van der Waals surface area (Å²) in [6.07, 6.45) is -2.12. The highest BCUT2D eigenvalue weighted by atomic mass is 19.4. The average Bonchev–Trinajstić information content (AvgIpc) is 3.62. The molecule has 228 valence electrons. The summed E-state index contributed by atoms with van der Waals surface area (Å²) in [4.78, 5) is 37.5. The first-order valence-corrected chi connectivity index (χ1v) is 14.1. The maximum Gasteiger partial charge on any atom is 0.417 e. The van der Waals surface area contributed by atoms with Crippen LogP contribution in [0, 0.1) is 5.82 Å². The molecule has 1 aromatic carbocycles. The summed E-state index contributed by atoms with van der Waals surface area (Å²) < 4.78 is 59.9. The van der Waals surface area contributed by atoms with Gasteiger partial charge in [-0.1, -0.05) is 0 Å². The Hall–Kier alpha value is -4.26. The normalized spacial score (nSPS) is 20.2. The molecule has 2 saturated heterocycles. The second kappa shape index (κ2) is 12.5. The standard InChI is InChI=1S/C30H32F4N6O3/c1-3-43-29-21(5-4-12-36-29)24-8-9-25(26(38-24)28(42)37-19-10-13-35-16-19)40-14-11-23(17(40)2)39-27(41)20-7-6-18(31)15-22(20)30(32,33)34/h4-9,12,15,17,19,23,35H,3,10-11,13-14,16H2,1-2H3,(H,37,42)(H,39,41)/t17?,19-,23?/m1/s1. The second-order valence-corrected chi connectivity index (χ2v) is 10.5. The van der Waals surface area contributed by atoms with Crippen LogP contribution in [0.4, 0.5) is 23.2 Å². The lowest BCUT2D eigenvalue weighted by atomic mass is 10.0. The SMILES string of the molecule is CCOc1ncccc1-c1ccc(N2CCC(NC(=O)c3ccc(F)cc3C(F)(F)F)C2C)c(C(=O)N[C@@H]2CCNC2)n1. The molecule has 2 aliphatic heterocycles. The van der Waals surface area contributed by atoms with Gasteiger partial charge in [0.05, 0.1) is 40.7 Å². The summed E-state index contributed by atoms with van der Waals surface area (Å²) in [6, 6.07) is 8.05. The lowest BCUT2D eigenvalue weighted by Gasteiger charge is -2.29. The number of carbonyl (C=O) groups is 2.